The van der Waals surface area contributed by atoms with Crippen molar-refractivity contribution in [2.24, 2.45) is 0 Å². The Kier molecular flexibility index (Phi) is 4.96. The van der Waals surface area contributed by atoms with Gasteiger partial charge in [-0.15, -0.1) is 0 Å². The number of fused-ring (bicyclic) bond motifs is 1. The summed E-state index contributed by atoms with van der Waals surface area (Å²) in [7, 11) is 0. The summed E-state index contributed by atoms with van der Waals surface area (Å²) in [6, 6.07) is 10.4. The Balaban J connectivity index is 1.99. The molecule has 0 aromatic heterocycles. The van der Waals surface area contributed by atoms with E-state index in [0.29, 0.717) is 5.39 Å². The Morgan fingerprint density at radius 2 is 1.71 bits per heavy atom. The zero-order chi connectivity index (χ0) is 17.2. The molecular formula is C18H21F3N2O. The van der Waals surface area contributed by atoms with Gasteiger partial charge in [0.05, 0.1) is 0 Å². The van der Waals surface area contributed by atoms with Crippen LogP contribution in [0.5, 0.6) is 5.75 Å². The minimum absolute atomic E-state index is 0.0261. The van der Waals surface area contributed by atoms with Crippen LogP contribution in [-0.4, -0.2) is 42.4 Å². The molecule has 1 atom stereocenters. The summed E-state index contributed by atoms with van der Waals surface area (Å²) >= 11 is 0. The van der Waals surface area contributed by atoms with Gasteiger partial charge >= 0.3 is 6.18 Å². The van der Waals surface area contributed by atoms with Crippen LogP contribution in [0.4, 0.5) is 13.2 Å². The molecule has 0 spiro atoms. The number of nitrogens with zero attached hydrogens (tertiary/aromatic N) is 1. The highest BCUT2D eigenvalue weighted by Crippen LogP contribution is 2.37. The average Bonchev–Trinajstić information content (AvgIpc) is 2.57. The molecule has 0 unspecified atom stereocenters. The van der Waals surface area contributed by atoms with Crippen molar-refractivity contribution in [3.8, 4) is 5.75 Å². The number of nitrogens with one attached hydrogen (secondary N) is 1. The molecule has 2 aromatic rings. The maximum absolute atomic E-state index is 12.8. The molecule has 1 fully saturated rings. The Morgan fingerprint density at radius 1 is 1.04 bits per heavy atom. The van der Waals surface area contributed by atoms with Crippen molar-refractivity contribution in [3.05, 3.63) is 42.0 Å². The average molecular weight is 338 g/mol. The van der Waals surface area contributed by atoms with Crippen molar-refractivity contribution in [3.63, 3.8) is 0 Å². The SMILES string of the molecule is Oc1ccc([C@H](CCC(F)(F)F)N2CCNCC2)c2ccccc12. The van der Waals surface area contributed by atoms with Crippen LogP contribution in [0.2, 0.25) is 0 Å². The van der Waals surface area contributed by atoms with Gasteiger partial charge in [-0.2, -0.15) is 13.2 Å². The molecular weight excluding hydrogens is 317 g/mol. The molecule has 1 saturated heterocycles. The summed E-state index contributed by atoms with van der Waals surface area (Å²) in [5.41, 5.74) is 0.856. The molecule has 130 valence electrons. The molecule has 1 heterocycles. The van der Waals surface area contributed by atoms with E-state index in [2.05, 4.69) is 10.2 Å². The highest BCUT2D eigenvalue weighted by atomic mass is 19.4. The van der Waals surface area contributed by atoms with Gasteiger partial charge < -0.3 is 10.4 Å². The van der Waals surface area contributed by atoms with Gasteiger partial charge in [-0.05, 0) is 23.4 Å². The standard InChI is InChI=1S/C18H21F3N2O/c19-18(20,21)8-7-16(23-11-9-22-10-12-23)14-5-6-17(24)15-4-2-1-3-13(14)15/h1-6,16,22,24H,7-12H2/t16-/m0/s1. The molecule has 0 aliphatic carbocycles. The van der Waals surface area contributed by atoms with Gasteiger partial charge in [0, 0.05) is 44.0 Å². The molecule has 3 nitrogen and oxygen atoms in total. The maximum atomic E-state index is 12.8. The second-order valence-electron chi connectivity index (χ2n) is 6.18. The Bertz CT molecular complexity index is 696. The smallest absolute Gasteiger partial charge is 0.389 e. The largest absolute Gasteiger partial charge is 0.507 e. The number of phenolic OH excluding ortho intramolecular Hbond substituents is 1. The van der Waals surface area contributed by atoms with E-state index in [9.17, 15) is 18.3 Å². The Labute approximate surface area is 139 Å². The summed E-state index contributed by atoms with van der Waals surface area (Å²) in [5.74, 6) is 0.157. The van der Waals surface area contributed by atoms with Crippen LogP contribution in [-0.2, 0) is 0 Å². The normalized spacial score (nSPS) is 18.0. The van der Waals surface area contributed by atoms with Crippen molar-refractivity contribution >= 4 is 10.8 Å². The van der Waals surface area contributed by atoms with E-state index in [4.69, 9.17) is 0 Å². The topological polar surface area (TPSA) is 35.5 Å². The molecule has 6 heteroatoms. The highest BCUT2D eigenvalue weighted by molar-refractivity contribution is 5.91. The summed E-state index contributed by atoms with van der Waals surface area (Å²) < 4.78 is 38.4. The molecule has 2 aromatic carbocycles. The molecule has 2 N–H and O–H groups in total. The number of halogens is 3. The first-order valence-electron chi connectivity index (χ1n) is 8.18. The lowest BCUT2D eigenvalue weighted by molar-refractivity contribution is -0.138. The van der Waals surface area contributed by atoms with Crippen LogP contribution < -0.4 is 5.32 Å². The van der Waals surface area contributed by atoms with Crippen molar-refractivity contribution in [1.82, 2.24) is 10.2 Å². The second-order valence-corrected chi connectivity index (χ2v) is 6.18. The van der Waals surface area contributed by atoms with Crippen molar-refractivity contribution in [2.45, 2.75) is 25.1 Å². The number of rotatable bonds is 4. The number of phenols is 1. The molecule has 1 aliphatic rings. The van der Waals surface area contributed by atoms with Crippen molar-refractivity contribution in [1.29, 1.82) is 0 Å². The first-order chi connectivity index (χ1) is 11.5. The van der Waals surface area contributed by atoms with Crippen molar-refractivity contribution < 1.29 is 18.3 Å². The monoisotopic (exact) mass is 338 g/mol. The van der Waals surface area contributed by atoms with Gasteiger partial charge in [-0.1, -0.05) is 30.3 Å². The third-order valence-electron chi connectivity index (χ3n) is 4.59. The van der Waals surface area contributed by atoms with Crippen LogP contribution in [0.15, 0.2) is 36.4 Å². The van der Waals surface area contributed by atoms with E-state index < -0.39 is 12.6 Å². The molecule has 0 amide bonds. The number of aromatic hydroxyl groups is 1. The van der Waals surface area contributed by atoms with E-state index >= 15 is 0 Å². The van der Waals surface area contributed by atoms with E-state index in [1.807, 2.05) is 18.2 Å². The Hall–Kier alpha value is -1.79. The molecule has 0 saturated carbocycles. The van der Waals surface area contributed by atoms with E-state index in [1.165, 1.54) is 0 Å². The minimum atomic E-state index is -4.17. The fourth-order valence-corrected chi connectivity index (χ4v) is 3.43. The Morgan fingerprint density at radius 3 is 2.38 bits per heavy atom. The van der Waals surface area contributed by atoms with Gasteiger partial charge in [-0.3, -0.25) is 4.90 Å². The van der Waals surface area contributed by atoms with E-state index in [-0.39, 0.29) is 18.2 Å². The quantitative estimate of drug-likeness (QED) is 0.889. The lowest BCUT2D eigenvalue weighted by Gasteiger charge is -2.36. The van der Waals surface area contributed by atoms with E-state index in [0.717, 1.165) is 37.1 Å². The molecule has 24 heavy (non-hydrogen) atoms. The second kappa shape index (κ2) is 6.99. The van der Waals surface area contributed by atoms with Crippen LogP contribution in [0.25, 0.3) is 10.8 Å². The van der Waals surface area contributed by atoms with Gasteiger partial charge in [-0.25, -0.2) is 0 Å². The minimum Gasteiger partial charge on any atom is -0.507 e. The summed E-state index contributed by atoms with van der Waals surface area (Å²) in [4.78, 5) is 2.11. The molecule has 1 aliphatic heterocycles. The predicted molar refractivity (Wildman–Crippen MR) is 88.1 cm³/mol. The summed E-state index contributed by atoms with van der Waals surface area (Å²) in [5, 5.41) is 14.8. The number of piperazine rings is 1. The van der Waals surface area contributed by atoms with Crippen LogP contribution in [0.3, 0.4) is 0 Å². The number of hydrogen-bond acceptors (Lipinski definition) is 3. The van der Waals surface area contributed by atoms with Gasteiger partial charge in [0.1, 0.15) is 5.75 Å². The van der Waals surface area contributed by atoms with Crippen molar-refractivity contribution in [2.75, 3.05) is 26.2 Å². The summed E-state index contributed by atoms with van der Waals surface area (Å²) in [6.07, 6.45) is -4.95. The van der Waals surface area contributed by atoms with Crippen LogP contribution >= 0.6 is 0 Å². The van der Waals surface area contributed by atoms with Gasteiger partial charge in [0.25, 0.3) is 0 Å². The zero-order valence-corrected chi connectivity index (χ0v) is 13.3. The third kappa shape index (κ3) is 3.82. The van der Waals surface area contributed by atoms with Gasteiger partial charge in [0.2, 0.25) is 0 Å². The lowest BCUT2D eigenvalue weighted by atomic mass is 9.93. The number of alkyl halides is 3. The first kappa shape index (κ1) is 17.0. The fourth-order valence-electron chi connectivity index (χ4n) is 3.43. The molecule has 0 bridgehead atoms. The fraction of sp³-hybridized carbons (Fsp3) is 0.444. The van der Waals surface area contributed by atoms with Crippen LogP contribution in [0, 0.1) is 0 Å². The predicted octanol–water partition coefficient (Wildman–Crippen LogP) is 3.83. The first-order valence-corrected chi connectivity index (χ1v) is 8.18. The van der Waals surface area contributed by atoms with E-state index in [1.54, 1.807) is 18.2 Å². The third-order valence-corrected chi connectivity index (χ3v) is 4.59. The number of benzene rings is 2. The molecule has 3 rings (SSSR count). The van der Waals surface area contributed by atoms with Gasteiger partial charge in [0.15, 0.2) is 0 Å². The van der Waals surface area contributed by atoms with Crippen LogP contribution in [0.1, 0.15) is 24.4 Å². The molecule has 0 radical (unpaired) electrons. The zero-order valence-electron chi connectivity index (χ0n) is 13.3. The lowest BCUT2D eigenvalue weighted by Crippen LogP contribution is -2.45. The maximum Gasteiger partial charge on any atom is 0.389 e. The summed E-state index contributed by atoms with van der Waals surface area (Å²) in [6.45, 7) is 2.99. The highest BCUT2D eigenvalue weighted by Gasteiger charge is 2.32. The number of hydrogen-bond donors (Lipinski definition) is 2.